The number of halogens is 3. The Morgan fingerprint density at radius 2 is 1.60 bits per heavy atom. The number of pyridine rings is 1. The van der Waals surface area contributed by atoms with Crippen LogP contribution in [0.15, 0.2) is 66.9 Å². The number of aromatic nitrogens is 1. The van der Waals surface area contributed by atoms with Gasteiger partial charge in [-0.25, -0.2) is 9.69 Å². The molecule has 2 aromatic carbocycles. The normalized spacial score (nSPS) is 21.6. The molecule has 0 radical (unpaired) electrons. The second kappa shape index (κ2) is 8.00. The monoisotopic (exact) mass is 483 g/mol. The number of alkyl halides is 3. The number of hydrogen-bond donors (Lipinski definition) is 0. The van der Waals surface area contributed by atoms with E-state index in [2.05, 4.69) is 9.72 Å². The van der Waals surface area contributed by atoms with Gasteiger partial charge in [-0.1, -0.05) is 6.92 Å². The number of anilines is 2. The molecule has 1 saturated heterocycles. The van der Waals surface area contributed by atoms with Gasteiger partial charge in [0.25, 0.3) is 5.91 Å². The van der Waals surface area contributed by atoms with Crippen molar-refractivity contribution < 1.29 is 32.2 Å². The van der Waals surface area contributed by atoms with E-state index in [1.165, 1.54) is 17.0 Å². The maximum absolute atomic E-state index is 13.5. The van der Waals surface area contributed by atoms with E-state index in [1.54, 1.807) is 37.6 Å². The largest absolute Gasteiger partial charge is 0.573 e. The molecule has 10 heteroatoms. The van der Waals surface area contributed by atoms with Gasteiger partial charge in [0.1, 0.15) is 17.0 Å². The second-order valence-electron chi connectivity index (χ2n) is 8.46. The number of rotatable bonds is 5. The first-order chi connectivity index (χ1) is 16.6. The molecule has 1 aliphatic heterocycles. The molecule has 3 aromatic rings. The number of hydrogen-bond acceptors (Lipinski definition) is 5. The minimum absolute atomic E-state index is 0.0885. The van der Waals surface area contributed by atoms with Crippen LogP contribution in [0, 0.1) is 5.92 Å². The van der Waals surface area contributed by atoms with E-state index in [0.29, 0.717) is 23.6 Å². The van der Waals surface area contributed by atoms with Gasteiger partial charge in [0.15, 0.2) is 0 Å². The predicted molar refractivity (Wildman–Crippen MR) is 121 cm³/mol. The minimum atomic E-state index is -4.84. The highest BCUT2D eigenvalue weighted by Crippen LogP contribution is 2.55. The summed E-state index contributed by atoms with van der Waals surface area (Å²) in [6.45, 7) is 1.88. The van der Waals surface area contributed by atoms with Crippen LogP contribution in [0.25, 0.3) is 11.3 Å². The summed E-state index contributed by atoms with van der Waals surface area (Å²) < 4.78 is 46.6. The second-order valence-corrected chi connectivity index (χ2v) is 8.46. The third-order valence-corrected chi connectivity index (χ3v) is 6.34. The highest BCUT2D eigenvalue weighted by atomic mass is 19.4. The summed E-state index contributed by atoms with van der Waals surface area (Å²) in [6, 6.07) is 14.8. The van der Waals surface area contributed by atoms with Crippen LogP contribution in [-0.4, -0.2) is 35.9 Å². The van der Waals surface area contributed by atoms with Crippen LogP contribution in [-0.2, 0) is 4.79 Å². The Morgan fingerprint density at radius 1 is 0.971 bits per heavy atom. The van der Waals surface area contributed by atoms with Crippen LogP contribution in [0.4, 0.5) is 29.3 Å². The van der Waals surface area contributed by atoms with E-state index < -0.39 is 29.6 Å². The Hall–Kier alpha value is -4.08. The highest BCUT2D eigenvalue weighted by molar-refractivity contribution is 6.32. The Labute approximate surface area is 198 Å². The summed E-state index contributed by atoms with van der Waals surface area (Å²) in [5, 5.41) is 0. The molecule has 2 atom stereocenters. The first-order valence-corrected chi connectivity index (χ1v) is 10.8. The number of ether oxygens (including phenoxy) is 2. The molecule has 2 fully saturated rings. The quantitative estimate of drug-likeness (QED) is 0.454. The van der Waals surface area contributed by atoms with Crippen LogP contribution < -0.4 is 19.3 Å². The fourth-order valence-electron chi connectivity index (χ4n) is 4.51. The lowest BCUT2D eigenvalue weighted by molar-refractivity contribution is -0.274. The SMILES string of the molecule is COc1ccc(-c2cc(N3C(=O)N(c4ccc(OC(F)(F)F)cc4)C(=O)C34CC4C)ccn2)cc1. The fourth-order valence-corrected chi connectivity index (χ4v) is 4.51. The highest BCUT2D eigenvalue weighted by Gasteiger charge is 2.70. The zero-order valence-corrected chi connectivity index (χ0v) is 18.7. The standard InChI is InChI=1S/C25H20F3N3O4/c1-15-14-24(15)22(32)30(17-5-9-20(10-6-17)35-25(26,27)28)23(33)31(24)18-11-12-29-21(13-18)16-3-7-19(34-2)8-4-16/h3-13,15H,14H2,1-2H3. The molecule has 1 spiro atoms. The van der Waals surface area contributed by atoms with Crippen molar-refractivity contribution in [2.45, 2.75) is 25.2 Å². The third kappa shape index (κ3) is 3.84. The molecule has 2 aliphatic rings. The van der Waals surface area contributed by atoms with Gasteiger partial charge in [-0.3, -0.25) is 14.7 Å². The van der Waals surface area contributed by atoms with Crippen LogP contribution in [0.5, 0.6) is 11.5 Å². The number of methoxy groups -OCH3 is 1. The van der Waals surface area contributed by atoms with Crippen molar-refractivity contribution >= 4 is 23.3 Å². The topological polar surface area (TPSA) is 72.0 Å². The number of imide groups is 1. The summed E-state index contributed by atoms with van der Waals surface area (Å²) in [5.41, 5.74) is 1.05. The van der Waals surface area contributed by atoms with Gasteiger partial charge >= 0.3 is 12.4 Å². The van der Waals surface area contributed by atoms with Crippen LogP contribution in [0.1, 0.15) is 13.3 Å². The molecule has 1 saturated carbocycles. The maximum Gasteiger partial charge on any atom is 0.573 e. The van der Waals surface area contributed by atoms with E-state index in [9.17, 15) is 22.8 Å². The molecular formula is C25H20F3N3O4. The van der Waals surface area contributed by atoms with Crippen molar-refractivity contribution in [3.8, 4) is 22.8 Å². The van der Waals surface area contributed by atoms with Crippen molar-refractivity contribution in [1.82, 2.24) is 4.98 Å². The van der Waals surface area contributed by atoms with Crippen molar-refractivity contribution in [3.05, 3.63) is 66.9 Å². The Morgan fingerprint density at radius 3 is 2.17 bits per heavy atom. The smallest absolute Gasteiger partial charge is 0.497 e. The molecule has 2 heterocycles. The molecule has 3 amide bonds. The fraction of sp³-hybridized carbons (Fsp3) is 0.240. The van der Waals surface area contributed by atoms with Crippen LogP contribution in [0.3, 0.4) is 0 Å². The Kier molecular flexibility index (Phi) is 5.19. The summed E-state index contributed by atoms with van der Waals surface area (Å²) >= 11 is 0. The molecule has 1 aromatic heterocycles. The van der Waals surface area contributed by atoms with E-state index in [1.807, 2.05) is 19.1 Å². The number of urea groups is 1. The van der Waals surface area contributed by atoms with Crippen molar-refractivity contribution in [1.29, 1.82) is 0 Å². The van der Waals surface area contributed by atoms with Gasteiger partial charge in [-0.15, -0.1) is 13.2 Å². The zero-order valence-electron chi connectivity index (χ0n) is 18.7. The van der Waals surface area contributed by atoms with Crippen molar-refractivity contribution in [2.24, 2.45) is 5.92 Å². The number of amides is 3. The summed E-state index contributed by atoms with van der Waals surface area (Å²) in [5.74, 6) is -0.250. The lowest BCUT2D eigenvalue weighted by Crippen LogP contribution is -2.39. The average Bonchev–Trinajstić information content (AvgIpc) is 3.44. The van der Waals surface area contributed by atoms with Crippen LogP contribution in [0.2, 0.25) is 0 Å². The van der Waals surface area contributed by atoms with Crippen molar-refractivity contribution in [3.63, 3.8) is 0 Å². The molecule has 7 nitrogen and oxygen atoms in total. The minimum Gasteiger partial charge on any atom is -0.497 e. The molecule has 0 N–H and O–H groups in total. The Balaban J connectivity index is 1.48. The third-order valence-electron chi connectivity index (χ3n) is 6.34. The van der Waals surface area contributed by atoms with Gasteiger partial charge in [0.2, 0.25) is 0 Å². The first-order valence-electron chi connectivity index (χ1n) is 10.8. The number of nitrogens with zero attached hydrogens (tertiary/aromatic N) is 3. The molecule has 0 bridgehead atoms. The number of carbonyl (C=O) groups excluding carboxylic acids is 2. The molecule has 1 aliphatic carbocycles. The number of benzene rings is 2. The summed E-state index contributed by atoms with van der Waals surface area (Å²) in [7, 11) is 1.57. The van der Waals surface area contributed by atoms with E-state index >= 15 is 0 Å². The average molecular weight is 483 g/mol. The van der Waals surface area contributed by atoms with Crippen LogP contribution >= 0.6 is 0 Å². The first kappa shape index (κ1) is 22.7. The lowest BCUT2D eigenvalue weighted by Gasteiger charge is -2.22. The molecular weight excluding hydrogens is 463 g/mol. The van der Waals surface area contributed by atoms with Gasteiger partial charge < -0.3 is 9.47 Å². The molecule has 180 valence electrons. The molecule has 5 rings (SSSR count). The predicted octanol–water partition coefficient (Wildman–Crippen LogP) is 5.41. The molecule has 2 unspecified atom stereocenters. The van der Waals surface area contributed by atoms with E-state index in [0.717, 1.165) is 22.6 Å². The van der Waals surface area contributed by atoms with Gasteiger partial charge in [0, 0.05) is 11.8 Å². The summed E-state index contributed by atoms with van der Waals surface area (Å²) in [6.07, 6.45) is -2.79. The van der Waals surface area contributed by atoms with Gasteiger partial charge in [0.05, 0.1) is 24.2 Å². The lowest BCUT2D eigenvalue weighted by atomic mass is 10.1. The molecule has 35 heavy (non-hydrogen) atoms. The van der Waals surface area contributed by atoms with E-state index in [-0.39, 0.29) is 11.6 Å². The van der Waals surface area contributed by atoms with E-state index in [4.69, 9.17) is 4.74 Å². The number of carbonyl (C=O) groups is 2. The van der Waals surface area contributed by atoms with Gasteiger partial charge in [-0.05, 0) is 73.0 Å². The zero-order chi connectivity index (χ0) is 25.0. The van der Waals surface area contributed by atoms with Crippen molar-refractivity contribution in [2.75, 3.05) is 16.9 Å². The Bertz CT molecular complexity index is 1290. The van der Waals surface area contributed by atoms with Gasteiger partial charge in [-0.2, -0.15) is 0 Å². The maximum atomic E-state index is 13.5. The summed E-state index contributed by atoms with van der Waals surface area (Å²) in [4.78, 5) is 33.9.